The van der Waals surface area contributed by atoms with Crippen LogP contribution in [0.25, 0.3) is 11.3 Å². The van der Waals surface area contributed by atoms with Crippen LogP contribution in [0.5, 0.6) is 5.88 Å². The highest BCUT2D eigenvalue weighted by atomic mass is 19.4. The van der Waals surface area contributed by atoms with E-state index in [9.17, 15) is 18.0 Å². The third-order valence-corrected chi connectivity index (χ3v) is 7.32. The van der Waals surface area contributed by atoms with Crippen LogP contribution in [-0.4, -0.2) is 44.4 Å². The van der Waals surface area contributed by atoms with Crippen molar-refractivity contribution >= 4 is 5.91 Å². The van der Waals surface area contributed by atoms with Gasteiger partial charge in [0.2, 0.25) is 5.88 Å². The van der Waals surface area contributed by atoms with Gasteiger partial charge in [0.05, 0.1) is 17.3 Å². The molecule has 3 aromatic rings. The van der Waals surface area contributed by atoms with Gasteiger partial charge >= 0.3 is 6.18 Å². The maximum Gasteiger partial charge on any atom is 0.417 e. The first kappa shape index (κ1) is 21.1. The van der Waals surface area contributed by atoms with Crippen LogP contribution in [0.2, 0.25) is 0 Å². The number of hydrogen-bond donors (Lipinski definition) is 0. The number of carbonyl (C=O) groups is 1. The van der Waals surface area contributed by atoms with Gasteiger partial charge in [-0.2, -0.15) is 13.2 Å². The van der Waals surface area contributed by atoms with E-state index in [1.807, 2.05) is 36.1 Å². The van der Waals surface area contributed by atoms with E-state index < -0.39 is 11.7 Å². The molecule has 1 spiro atoms. The zero-order chi connectivity index (χ0) is 23.7. The minimum atomic E-state index is -4.45. The zero-order valence-corrected chi connectivity index (χ0v) is 18.3. The van der Waals surface area contributed by atoms with E-state index in [2.05, 4.69) is 15.0 Å². The number of nitrogens with zero attached hydrogens (tertiary/aromatic N) is 4. The number of amides is 1. The van der Waals surface area contributed by atoms with Crippen molar-refractivity contribution in [2.24, 2.45) is 11.3 Å². The fraction of sp³-hybridized carbons (Fsp3) is 0.360. The van der Waals surface area contributed by atoms with Gasteiger partial charge in [-0.05, 0) is 55.5 Å². The first-order valence-electron chi connectivity index (χ1n) is 11.2. The summed E-state index contributed by atoms with van der Waals surface area (Å²) in [7, 11) is 0. The van der Waals surface area contributed by atoms with Crippen molar-refractivity contribution in [1.29, 1.82) is 0 Å². The molecule has 2 aliphatic carbocycles. The molecule has 0 bridgehead atoms. The highest BCUT2D eigenvalue weighted by Gasteiger charge is 2.76. The molecule has 6 nitrogen and oxygen atoms in total. The van der Waals surface area contributed by atoms with Crippen molar-refractivity contribution in [2.75, 3.05) is 6.54 Å². The summed E-state index contributed by atoms with van der Waals surface area (Å²) in [5.74, 6) is 0.378. The van der Waals surface area contributed by atoms with Crippen molar-refractivity contribution in [3.63, 3.8) is 0 Å². The molecule has 4 heterocycles. The van der Waals surface area contributed by atoms with E-state index in [-0.39, 0.29) is 29.3 Å². The Labute approximate surface area is 193 Å². The van der Waals surface area contributed by atoms with E-state index in [1.165, 1.54) is 6.07 Å². The second kappa shape index (κ2) is 7.25. The van der Waals surface area contributed by atoms with Crippen LogP contribution < -0.4 is 4.74 Å². The van der Waals surface area contributed by atoms with E-state index >= 15 is 0 Å². The Morgan fingerprint density at radius 2 is 1.97 bits per heavy atom. The topological polar surface area (TPSA) is 68.2 Å². The van der Waals surface area contributed by atoms with Gasteiger partial charge < -0.3 is 9.64 Å². The molecule has 3 fully saturated rings. The van der Waals surface area contributed by atoms with Gasteiger partial charge in [0.1, 0.15) is 11.8 Å². The molecule has 4 atom stereocenters. The van der Waals surface area contributed by atoms with E-state index in [1.54, 1.807) is 12.4 Å². The predicted molar refractivity (Wildman–Crippen MR) is 116 cm³/mol. The lowest BCUT2D eigenvalue weighted by Gasteiger charge is -2.46. The average molecular weight is 466 g/mol. The fourth-order valence-corrected chi connectivity index (χ4v) is 5.62. The second-order valence-corrected chi connectivity index (χ2v) is 9.40. The first-order chi connectivity index (χ1) is 16.3. The van der Waals surface area contributed by atoms with Gasteiger partial charge in [-0.3, -0.25) is 14.8 Å². The molecule has 34 heavy (non-hydrogen) atoms. The first-order valence-corrected chi connectivity index (χ1v) is 11.2. The Bertz CT molecular complexity index is 1270. The van der Waals surface area contributed by atoms with Gasteiger partial charge in [0, 0.05) is 42.2 Å². The molecule has 6 rings (SSSR count). The van der Waals surface area contributed by atoms with E-state index in [0.29, 0.717) is 29.4 Å². The van der Waals surface area contributed by atoms with Crippen LogP contribution in [0.15, 0.2) is 55.0 Å². The lowest BCUT2D eigenvalue weighted by molar-refractivity contribution is -0.137. The monoisotopic (exact) mass is 466 g/mol. The number of piperidine rings is 1. The van der Waals surface area contributed by atoms with Crippen molar-refractivity contribution in [2.45, 2.75) is 38.1 Å². The highest BCUT2D eigenvalue weighted by molar-refractivity contribution is 5.99. The van der Waals surface area contributed by atoms with Crippen molar-refractivity contribution in [3.8, 4) is 17.1 Å². The lowest BCUT2D eigenvalue weighted by Crippen LogP contribution is -2.59. The minimum Gasteiger partial charge on any atom is -0.472 e. The summed E-state index contributed by atoms with van der Waals surface area (Å²) >= 11 is 0. The zero-order valence-electron chi connectivity index (χ0n) is 18.3. The number of alkyl halides is 3. The van der Waals surface area contributed by atoms with Crippen molar-refractivity contribution < 1.29 is 22.7 Å². The summed E-state index contributed by atoms with van der Waals surface area (Å²) in [5.41, 5.74) is 1.85. The number of rotatable bonds is 4. The maximum absolute atomic E-state index is 13.7. The number of likely N-dealkylation sites (tertiary alicyclic amines) is 1. The Hall–Kier alpha value is -3.49. The molecule has 1 amide bonds. The van der Waals surface area contributed by atoms with Gasteiger partial charge in [-0.1, -0.05) is 6.07 Å². The van der Waals surface area contributed by atoms with Crippen LogP contribution >= 0.6 is 0 Å². The van der Waals surface area contributed by atoms with Crippen LogP contribution in [0.3, 0.4) is 0 Å². The van der Waals surface area contributed by atoms with Crippen molar-refractivity contribution in [3.05, 3.63) is 71.8 Å². The largest absolute Gasteiger partial charge is 0.472 e. The Morgan fingerprint density at radius 3 is 2.68 bits per heavy atom. The summed E-state index contributed by atoms with van der Waals surface area (Å²) < 4.78 is 44.5. The SMILES string of the molecule is Cc1cnc(C(=O)N2CC3CC34CC(Oc3ccc(C(F)(F)F)cn3)C24)c(-c2ccccn2)c1. The molecular formula is C25H21F3N4O2. The maximum atomic E-state index is 13.7. The Balaban J connectivity index is 1.26. The number of aryl methyl sites for hydroxylation is 1. The van der Waals surface area contributed by atoms with Crippen LogP contribution in [-0.2, 0) is 6.18 Å². The molecule has 0 aromatic carbocycles. The molecule has 1 aliphatic heterocycles. The quantitative estimate of drug-likeness (QED) is 0.565. The smallest absolute Gasteiger partial charge is 0.417 e. The Kier molecular flexibility index (Phi) is 4.49. The number of hydrogen-bond acceptors (Lipinski definition) is 5. The highest BCUT2D eigenvalue weighted by Crippen LogP contribution is 2.71. The average Bonchev–Trinajstić information content (AvgIpc) is 3.47. The summed E-state index contributed by atoms with van der Waals surface area (Å²) in [6.45, 7) is 2.54. The van der Waals surface area contributed by atoms with E-state index in [0.717, 1.165) is 30.7 Å². The molecule has 0 N–H and O–H groups in total. The van der Waals surface area contributed by atoms with E-state index in [4.69, 9.17) is 4.74 Å². The molecule has 174 valence electrons. The normalized spacial score (nSPS) is 26.9. The van der Waals surface area contributed by atoms with Gasteiger partial charge in [0.25, 0.3) is 5.91 Å². The van der Waals surface area contributed by atoms with Crippen LogP contribution in [0.4, 0.5) is 13.2 Å². The molecule has 3 aromatic heterocycles. The summed E-state index contributed by atoms with van der Waals surface area (Å²) in [4.78, 5) is 28.2. The molecule has 3 aliphatic rings. The predicted octanol–water partition coefficient (Wildman–Crippen LogP) is 4.55. The molecule has 0 radical (unpaired) electrons. The minimum absolute atomic E-state index is 0.0437. The second-order valence-electron chi connectivity index (χ2n) is 9.40. The number of ether oxygens (including phenoxy) is 1. The standard InChI is InChI=1S/C25H21F3N4O2/c1-14-8-17(18-4-2-3-7-29-18)21(31-11-14)23(33)32-13-16-9-24(16)10-19(22(24)32)34-20-6-5-15(12-30-20)25(26,27)28/h2-8,11-12,16,19,22H,9-10,13H2,1H3. The number of carbonyl (C=O) groups excluding carboxylic acids is 1. The summed E-state index contributed by atoms with van der Waals surface area (Å²) in [5, 5.41) is 0. The van der Waals surface area contributed by atoms with Gasteiger partial charge in [0.15, 0.2) is 0 Å². The molecule has 2 saturated carbocycles. The van der Waals surface area contributed by atoms with Gasteiger partial charge in [-0.15, -0.1) is 0 Å². The van der Waals surface area contributed by atoms with Crippen molar-refractivity contribution in [1.82, 2.24) is 19.9 Å². The van der Waals surface area contributed by atoms with Crippen LogP contribution in [0.1, 0.15) is 34.5 Å². The van der Waals surface area contributed by atoms with Gasteiger partial charge in [-0.25, -0.2) is 4.98 Å². The molecule has 9 heteroatoms. The summed E-state index contributed by atoms with van der Waals surface area (Å²) in [6, 6.07) is 9.50. The molecule has 1 saturated heterocycles. The number of aromatic nitrogens is 3. The third kappa shape index (κ3) is 3.25. The third-order valence-electron chi connectivity index (χ3n) is 7.32. The summed E-state index contributed by atoms with van der Waals surface area (Å²) in [6.07, 6.45) is 1.17. The number of halogens is 3. The molecule has 4 unspecified atom stereocenters. The number of pyridine rings is 3. The Morgan fingerprint density at radius 1 is 1.12 bits per heavy atom. The fourth-order valence-electron chi connectivity index (χ4n) is 5.62. The lowest BCUT2D eigenvalue weighted by atomic mass is 9.73. The van der Waals surface area contributed by atoms with Crippen LogP contribution in [0, 0.1) is 18.3 Å². The molecular weight excluding hydrogens is 445 g/mol.